The summed E-state index contributed by atoms with van der Waals surface area (Å²) in [6.45, 7) is 3.93. The van der Waals surface area contributed by atoms with Gasteiger partial charge in [0.25, 0.3) is 0 Å². The number of benzene rings is 1. The highest BCUT2D eigenvalue weighted by Crippen LogP contribution is 2.39. The first-order valence-corrected chi connectivity index (χ1v) is 6.91. The zero-order valence-electron chi connectivity index (χ0n) is 11.2. The summed E-state index contributed by atoms with van der Waals surface area (Å²) in [4.78, 5) is 0. The first-order chi connectivity index (χ1) is 9.17. The average molecular weight is 264 g/mol. The summed E-state index contributed by atoms with van der Waals surface area (Å²) < 4.78 is 16.8. The second-order valence-corrected chi connectivity index (χ2v) is 5.38. The molecule has 0 spiro atoms. The normalized spacial score (nSPS) is 30.7. The third-order valence-electron chi connectivity index (χ3n) is 3.83. The lowest BCUT2D eigenvalue weighted by Crippen LogP contribution is -2.37. The van der Waals surface area contributed by atoms with Gasteiger partial charge in [-0.2, -0.15) is 0 Å². The maximum absolute atomic E-state index is 10.8. The van der Waals surface area contributed by atoms with Crippen molar-refractivity contribution in [1.82, 2.24) is 0 Å². The van der Waals surface area contributed by atoms with Gasteiger partial charge in [0.15, 0.2) is 11.5 Å². The number of aliphatic hydroxyl groups is 1. The van der Waals surface area contributed by atoms with Crippen LogP contribution in [0, 0.1) is 0 Å². The van der Waals surface area contributed by atoms with Crippen molar-refractivity contribution in [2.75, 3.05) is 19.8 Å². The van der Waals surface area contributed by atoms with Crippen molar-refractivity contribution >= 4 is 0 Å². The molecule has 4 heteroatoms. The SMILES string of the molecule is CC1CC(O)(c2ccc3c(c2)OCCCO3)CCO1. The van der Waals surface area contributed by atoms with Crippen LogP contribution in [0.1, 0.15) is 31.7 Å². The van der Waals surface area contributed by atoms with E-state index in [0.29, 0.717) is 32.7 Å². The van der Waals surface area contributed by atoms with Crippen LogP contribution in [0.3, 0.4) is 0 Å². The van der Waals surface area contributed by atoms with Gasteiger partial charge in [0.2, 0.25) is 0 Å². The van der Waals surface area contributed by atoms with Gasteiger partial charge in [0.05, 0.1) is 31.5 Å². The smallest absolute Gasteiger partial charge is 0.161 e. The Morgan fingerprint density at radius 3 is 2.74 bits per heavy atom. The molecular formula is C15H20O4. The van der Waals surface area contributed by atoms with E-state index in [-0.39, 0.29) is 6.10 Å². The van der Waals surface area contributed by atoms with E-state index in [1.165, 1.54) is 0 Å². The second kappa shape index (κ2) is 5.02. The third kappa shape index (κ3) is 2.55. The van der Waals surface area contributed by atoms with Crippen molar-refractivity contribution < 1.29 is 19.3 Å². The van der Waals surface area contributed by atoms with E-state index in [1.807, 2.05) is 25.1 Å². The minimum atomic E-state index is -0.817. The molecule has 0 amide bonds. The molecule has 4 nitrogen and oxygen atoms in total. The predicted molar refractivity (Wildman–Crippen MR) is 70.6 cm³/mol. The van der Waals surface area contributed by atoms with Gasteiger partial charge in [-0.15, -0.1) is 0 Å². The quantitative estimate of drug-likeness (QED) is 0.845. The van der Waals surface area contributed by atoms with Crippen molar-refractivity contribution in [1.29, 1.82) is 0 Å². The fourth-order valence-electron chi connectivity index (χ4n) is 2.78. The lowest BCUT2D eigenvalue weighted by molar-refractivity contribution is -0.101. The van der Waals surface area contributed by atoms with Crippen LogP contribution in [0.5, 0.6) is 11.5 Å². The molecule has 0 radical (unpaired) electrons. The highest BCUT2D eigenvalue weighted by atomic mass is 16.5. The molecule has 1 N–H and O–H groups in total. The zero-order chi connectivity index (χ0) is 13.3. The number of hydrogen-bond donors (Lipinski definition) is 1. The number of hydrogen-bond acceptors (Lipinski definition) is 4. The van der Waals surface area contributed by atoms with E-state index in [0.717, 1.165) is 23.5 Å². The molecule has 1 aromatic rings. The van der Waals surface area contributed by atoms with E-state index >= 15 is 0 Å². The van der Waals surface area contributed by atoms with E-state index in [9.17, 15) is 5.11 Å². The van der Waals surface area contributed by atoms with Gasteiger partial charge in [-0.25, -0.2) is 0 Å². The summed E-state index contributed by atoms with van der Waals surface area (Å²) in [5.41, 5.74) is 0.0782. The molecule has 2 heterocycles. The molecule has 0 aromatic heterocycles. The molecule has 1 aromatic carbocycles. The summed E-state index contributed by atoms with van der Waals surface area (Å²) in [6.07, 6.45) is 2.21. The monoisotopic (exact) mass is 264 g/mol. The Labute approximate surface area is 113 Å². The summed E-state index contributed by atoms with van der Waals surface area (Å²) in [5.74, 6) is 1.51. The molecule has 3 rings (SSSR count). The molecule has 2 aliphatic heterocycles. The van der Waals surface area contributed by atoms with Crippen LogP contribution in [-0.4, -0.2) is 31.0 Å². The van der Waals surface area contributed by atoms with Gasteiger partial charge in [-0.3, -0.25) is 0 Å². The van der Waals surface area contributed by atoms with Crippen molar-refractivity contribution in [2.45, 2.75) is 37.9 Å². The molecule has 19 heavy (non-hydrogen) atoms. The molecule has 104 valence electrons. The van der Waals surface area contributed by atoms with Crippen LogP contribution in [0.2, 0.25) is 0 Å². The lowest BCUT2D eigenvalue weighted by Gasteiger charge is -2.36. The largest absolute Gasteiger partial charge is 0.490 e. The van der Waals surface area contributed by atoms with E-state index in [4.69, 9.17) is 14.2 Å². The topological polar surface area (TPSA) is 47.9 Å². The summed E-state index contributed by atoms with van der Waals surface area (Å²) in [7, 11) is 0. The lowest BCUT2D eigenvalue weighted by atomic mass is 9.84. The van der Waals surface area contributed by atoms with Crippen molar-refractivity contribution in [2.24, 2.45) is 0 Å². The minimum absolute atomic E-state index is 0.0785. The maximum Gasteiger partial charge on any atom is 0.161 e. The fraction of sp³-hybridized carbons (Fsp3) is 0.600. The molecule has 0 saturated carbocycles. The fourth-order valence-corrected chi connectivity index (χ4v) is 2.78. The summed E-state index contributed by atoms with van der Waals surface area (Å²) in [5, 5.41) is 10.8. The van der Waals surface area contributed by atoms with Crippen molar-refractivity contribution in [3.05, 3.63) is 23.8 Å². The summed E-state index contributed by atoms with van der Waals surface area (Å²) >= 11 is 0. The number of ether oxygens (including phenoxy) is 3. The van der Waals surface area contributed by atoms with Gasteiger partial charge < -0.3 is 19.3 Å². The number of rotatable bonds is 1. The van der Waals surface area contributed by atoms with Gasteiger partial charge >= 0.3 is 0 Å². The molecule has 0 aliphatic carbocycles. The zero-order valence-corrected chi connectivity index (χ0v) is 11.2. The maximum atomic E-state index is 10.8. The molecular weight excluding hydrogens is 244 g/mol. The Hall–Kier alpha value is -1.26. The highest BCUT2D eigenvalue weighted by molar-refractivity contribution is 5.45. The van der Waals surface area contributed by atoms with Crippen LogP contribution in [0.25, 0.3) is 0 Å². The number of fused-ring (bicyclic) bond motifs is 1. The van der Waals surface area contributed by atoms with Gasteiger partial charge in [-0.1, -0.05) is 6.07 Å². The minimum Gasteiger partial charge on any atom is -0.490 e. The van der Waals surface area contributed by atoms with Crippen LogP contribution < -0.4 is 9.47 Å². The molecule has 2 aliphatic rings. The van der Waals surface area contributed by atoms with Gasteiger partial charge in [-0.05, 0) is 24.6 Å². The van der Waals surface area contributed by atoms with Gasteiger partial charge in [0.1, 0.15) is 0 Å². The standard InChI is InChI=1S/C15H20O4/c1-11-10-15(16,5-8-17-11)12-3-4-13-14(9-12)19-7-2-6-18-13/h3-4,9,11,16H,2,5-8,10H2,1H3. The Morgan fingerprint density at radius 1 is 1.16 bits per heavy atom. The van der Waals surface area contributed by atoms with Crippen LogP contribution in [0.15, 0.2) is 18.2 Å². The highest BCUT2D eigenvalue weighted by Gasteiger charge is 2.35. The Kier molecular flexibility index (Phi) is 3.37. The predicted octanol–water partition coefficient (Wildman–Crippen LogP) is 2.23. The Bertz CT molecular complexity index is 459. The summed E-state index contributed by atoms with van der Waals surface area (Å²) in [6, 6.07) is 5.75. The van der Waals surface area contributed by atoms with Crippen LogP contribution >= 0.6 is 0 Å². The van der Waals surface area contributed by atoms with E-state index in [1.54, 1.807) is 0 Å². The van der Waals surface area contributed by atoms with Crippen molar-refractivity contribution in [3.63, 3.8) is 0 Å². The Morgan fingerprint density at radius 2 is 1.95 bits per heavy atom. The van der Waals surface area contributed by atoms with Crippen LogP contribution in [-0.2, 0) is 10.3 Å². The third-order valence-corrected chi connectivity index (χ3v) is 3.83. The first-order valence-electron chi connectivity index (χ1n) is 6.91. The molecule has 1 fully saturated rings. The molecule has 2 unspecified atom stereocenters. The first kappa shape index (κ1) is 12.8. The van der Waals surface area contributed by atoms with Crippen LogP contribution in [0.4, 0.5) is 0 Å². The van der Waals surface area contributed by atoms with Gasteiger partial charge in [0, 0.05) is 19.3 Å². The van der Waals surface area contributed by atoms with E-state index < -0.39 is 5.60 Å². The molecule has 0 bridgehead atoms. The molecule has 1 saturated heterocycles. The van der Waals surface area contributed by atoms with Crippen molar-refractivity contribution in [3.8, 4) is 11.5 Å². The molecule has 2 atom stereocenters. The average Bonchev–Trinajstić information content (AvgIpc) is 2.62. The Balaban J connectivity index is 1.90. The second-order valence-electron chi connectivity index (χ2n) is 5.38. The van der Waals surface area contributed by atoms with E-state index in [2.05, 4.69) is 0 Å².